The molecule has 1 N–H and O–H groups in total. The Kier molecular flexibility index (Phi) is 5.76. The smallest absolute Gasteiger partial charge is 0.371 e. The zero-order valence-corrected chi connectivity index (χ0v) is 15.5. The topological polar surface area (TPSA) is 49.4 Å². The molecule has 8 heteroatoms. The van der Waals surface area contributed by atoms with Crippen molar-refractivity contribution in [2.45, 2.75) is 24.8 Å². The Morgan fingerprint density at radius 3 is 2.63 bits per heavy atom. The van der Waals surface area contributed by atoms with Crippen LogP contribution in [0.25, 0.3) is 0 Å². The molecular weight excluding hydrogens is 377 g/mol. The zero-order valence-electron chi connectivity index (χ0n) is 14.7. The molecule has 0 saturated carbocycles. The van der Waals surface area contributed by atoms with Crippen molar-refractivity contribution in [3.63, 3.8) is 0 Å². The second-order valence-corrected chi connectivity index (χ2v) is 8.38. The van der Waals surface area contributed by atoms with Gasteiger partial charge in [0.1, 0.15) is 0 Å². The first-order valence-corrected chi connectivity index (χ1v) is 10.4. The molecule has 0 saturated heterocycles. The summed E-state index contributed by atoms with van der Waals surface area (Å²) in [7, 11) is -3.69. The Balaban J connectivity index is 1.50. The van der Waals surface area contributed by atoms with Crippen LogP contribution in [0.15, 0.2) is 48.5 Å². The van der Waals surface area contributed by atoms with Gasteiger partial charge in [-0.05, 0) is 36.1 Å². The van der Waals surface area contributed by atoms with E-state index in [4.69, 9.17) is 0 Å². The quantitative estimate of drug-likeness (QED) is 0.726. The average Bonchev–Trinajstić information content (AvgIpc) is 3.01. The lowest BCUT2D eigenvalue weighted by atomic mass is 10.1. The highest BCUT2D eigenvalue weighted by Gasteiger charge is 2.30. The SMILES string of the molecule is O=S(=O)(Cc1cccc(C(F)(F)F)c1)NCCCN1CCc2ccccc21. The first kappa shape index (κ1) is 19.7. The van der Waals surface area contributed by atoms with Crippen molar-refractivity contribution in [1.82, 2.24) is 4.72 Å². The normalized spacial score (nSPS) is 14.4. The van der Waals surface area contributed by atoms with Gasteiger partial charge in [-0.3, -0.25) is 0 Å². The second kappa shape index (κ2) is 7.90. The third kappa shape index (κ3) is 5.23. The van der Waals surface area contributed by atoms with E-state index in [-0.39, 0.29) is 12.1 Å². The van der Waals surface area contributed by atoms with Crippen molar-refractivity contribution in [2.75, 3.05) is 24.5 Å². The number of benzene rings is 2. The molecule has 1 aliphatic heterocycles. The highest BCUT2D eigenvalue weighted by Crippen LogP contribution is 2.30. The van der Waals surface area contributed by atoms with E-state index < -0.39 is 27.5 Å². The van der Waals surface area contributed by atoms with Gasteiger partial charge in [0, 0.05) is 25.3 Å². The van der Waals surface area contributed by atoms with E-state index in [0.29, 0.717) is 6.42 Å². The van der Waals surface area contributed by atoms with Crippen LogP contribution in [0, 0.1) is 0 Å². The van der Waals surface area contributed by atoms with Crippen LogP contribution in [0.4, 0.5) is 18.9 Å². The summed E-state index contributed by atoms with van der Waals surface area (Å²) in [5.74, 6) is -0.469. The summed E-state index contributed by atoms with van der Waals surface area (Å²) in [5, 5.41) is 0. The number of nitrogens with zero attached hydrogens (tertiary/aromatic N) is 1. The summed E-state index contributed by atoms with van der Waals surface area (Å²) < 4.78 is 65.0. The highest BCUT2D eigenvalue weighted by molar-refractivity contribution is 7.88. The molecule has 146 valence electrons. The minimum atomic E-state index is -4.49. The number of halogens is 3. The van der Waals surface area contributed by atoms with Gasteiger partial charge in [0.2, 0.25) is 10.0 Å². The van der Waals surface area contributed by atoms with E-state index in [1.807, 2.05) is 12.1 Å². The van der Waals surface area contributed by atoms with Gasteiger partial charge in [0.15, 0.2) is 0 Å². The molecule has 0 amide bonds. The van der Waals surface area contributed by atoms with Gasteiger partial charge in [0.25, 0.3) is 0 Å². The molecule has 0 fully saturated rings. The second-order valence-electron chi connectivity index (χ2n) is 6.57. The number of nitrogens with one attached hydrogen (secondary N) is 1. The Morgan fingerprint density at radius 2 is 1.85 bits per heavy atom. The summed E-state index contributed by atoms with van der Waals surface area (Å²) in [6, 6.07) is 12.5. The largest absolute Gasteiger partial charge is 0.416 e. The molecule has 0 aliphatic carbocycles. The molecule has 3 rings (SSSR count). The van der Waals surface area contributed by atoms with E-state index in [9.17, 15) is 21.6 Å². The fourth-order valence-corrected chi connectivity index (χ4v) is 4.42. The Hall–Kier alpha value is -2.06. The number of hydrogen-bond acceptors (Lipinski definition) is 3. The van der Waals surface area contributed by atoms with Gasteiger partial charge >= 0.3 is 6.18 Å². The third-order valence-electron chi connectivity index (χ3n) is 4.52. The molecule has 0 bridgehead atoms. The van der Waals surface area contributed by atoms with Crippen LogP contribution in [0.2, 0.25) is 0 Å². The van der Waals surface area contributed by atoms with Crippen molar-refractivity contribution in [2.24, 2.45) is 0 Å². The van der Waals surface area contributed by atoms with E-state index >= 15 is 0 Å². The maximum atomic E-state index is 12.7. The predicted octanol–water partition coefficient (Wildman–Crippen LogP) is 3.58. The summed E-state index contributed by atoms with van der Waals surface area (Å²) in [5.41, 5.74) is 1.75. The molecule has 2 aromatic carbocycles. The van der Waals surface area contributed by atoms with Gasteiger partial charge in [-0.15, -0.1) is 0 Å². The van der Waals surface area contributed by atoms with Crippen LogP contribution in [-0.4, -0.2) is 28.1 Å². The van der Waals surface area contributed by atoms with Crippen LogP contribution < -0.4 is 9.62 Å². The van der Waals surface area contributed by atoms with E-state index in [1.165, 1.54) is 23.4 Å². The predicted molar refractivity (Wildman–Crippen MR) is 99.0 cm³/mol. The molecule has 0 atom stereocenters. The van der Waals surface area contributed by atoms with Crippen molar-refractivity contribution >= 4 is 15.7 Å². The summed E-state index contributed by atoms with van der Waals surface area (Å²) >= 11 is 0. The lowest BCUT2D eigenvalue weighted by molar-refractivity contribution is -0.137. The number of anilines is 1. The molecule has 27 heavy (non-hydrogen) atoms. The lowest BCUT2D eigenvalue weighted by Crippen LogP contribution is -2.30. The van der Waals surface area contributed by atoms with Crippen LogP contribution in [0.5, 0.6) is 0 Å². The summed E-state index contributed by atoms with van der Waals surface area (Å²) in [6.07, 6.45) is -2.88. The van der Waals surface area contributed by atoms with E-state index in [0.717, 1.165) is 31.6 Å². The summed E-state index contributed by atoms with van der Waals surface area (Å²) in [6.45, 7) is 1.89. The maximum Gasteiger partial charge on any atom is 0.416 e. The fourth-order valence-electron chi connectivity index (χ4n) is 3.24. The molecule has 0 spiro atoms. The number of sulfonamides is 1. The molecule has 0 aromatic heterocycles. The first-order valence-electron chi connectivity index (χ1n) is 8.71. The van der Waals surface area contributed by atoms with E-state index in [1.54, 1.807) is 0 Å². The lowest BCUT2D eigenvalue weighted by Gasteiger charge is -2.19. The number of rotatable bonds is 7. The van der Waals surface area contributed by atoms with Gasteiger partial charge in [-0.2, -0.15) is 13.2 Å². The van der Waals surface area contributed by atoms with Crippen LogP contribution >= 0.6 is 0 Å². The Morgan fingerprint density at radius 1 is 1.07 bits per heavy atom. The van der Waals surface area contributed by atoms with Gasteiger partial charge in [0.05, 0.1) is 11.3 Å². The Labute approximate surface area is 157 Å². The number of fused-ring (bicyclic) bond motifs is 1. The molecule has 1 heterocycles. The number of alkyl halides is 3. The third-order valence-corrected chi connectivity index (χ3v) is 5.88. The monoisotopic (exact) mass is 398 g/mol. The highest BCUT2D eigenvalue weighted by atomic mass is 32.2. The van der Waals surface area contributed by atoms with Crippen molar-refractivity contribution in [1.29, 1.82) is 0 Å². The average molecular weight is 398 g/mol. The number of hydrogen-bond donors (Lipinski definition) is 1. The van der Waals surface area contributed by atoms with Crippen molar-refractivity contribution in [3.8, 4) is 0 Å². The van der Waals surface area contributed by atoms with Crippen molar-refractivity contribution in [3.05, 3.63) is 65.2 Å². The fraction of sp³-hybridized carbons (Fsp3) is 0.368. The van der Waals surface area contributed by atoms with Gasteiger partial charge < -0.3 is 4.90 Å². The molecule has 2 aromatic rings. The van der Waals surface area contributed by atoms with Gasteiger partial charge in [-0.1, -0.05) is 36.4 Å². The standard InChI is InChI=1S/C19H21F3N2O2S/c20-19(21,22)17-7-3-5-15(13-17)14-27(25,26)23-10-4-11-24-12-9-16-6-1-2-8-18(16)24/h1-3,5-8,13,23H,4,9-12,14H2. The Bertz CT molecular complexity index is 898. The van der Waals surface area contributed by atoms with Crippen LogP contribution in [-0.2, 0) is 28.4 Å². The van der Waals surface area contributed by atoms with Crippen LogP contribution in [0.3, 0.4) is 0 Å². The summed E-state index contributed by atoms with van der Waals surface area (Å²) in [4.78, 5) is 2.22. The molecule has 0 radical (unpaired) electrons. The number of para-hydroxylation sites is 1. The molecule has 0 unspecified atom stereocenters. The van der Waals surface area contributed by atoms with Crippen LogP contribution in [0.1, 0.15) is 23.1 Å². The van der Waals surface area contributed by atoms with Crippen molar-refractivity contribution < 1.29 is 21.6 Å². The minimum Gasteiger partial charge on any atom is -0.371 e. The first-order chi connectivity index (χ1) is 12.7. The van der Waals surface area contributed by atoms with Gasteiger partial charge in [-0.25, -0.2) is 13.1 Å². The molecular formula is C19H21F3N2O2S. The molecule has 1 aliphatic rings. The molecule has 4 nitrogen and oxygen atoms in total. The van der Waals surface area contributed by atoms with E-state index in [2.05, 4.69) is 21.8 Å². The maximum absolute atomic E-state index is 12.7. The zero-order chi connectivity index (χ0) is 19.5. The minimum absolute atomic E-state index is 0.116.